The molecule has 0 fully saturated rings. The molecule has 1 atom stereocenters. The molecule has 2 N–H and O–H groups in total. The van der Waals surface area contributed by atoms with Crippen LogP contribution in [0, 0.1) is 0 Å². The summed E-state index contributed by atoms with van der Waals surface area (Å²) < 4.78 is 0.424. The molecule has 0 rings (SSSR count). The molecule has 1 unspecified atom stereocenters. The third kappa shape index (κ3) is 5.94. The van der Waals surface area contributed by atoms with E-state index in [0.29, 0.717) is 9.75 Å². The lowest BCUT2D eigenvalue weighted by Crippen LogP contribution is -1.95. The van der Waals surface area contributed by atoms with Crippen molar-refractivity contribution in [1.29, 1.82) is 0 Å². The fourth-order valence-corrected chi connectivity index (χ4v) is 0.359. The van der Waals surface area contributed by atoms with E-state index in [4.69, 9.17) is 5.73 Å². The molecule has 0 aromatic heterocycles. The number of nitrogens with two attached hydrogens (primary N) is 1. The van der Waals surface area contributed by atoms with E-state index in [0.717, 1.165) is 0 Å². The van der Waals surface area contributed by atoms with Crippen molar-refractivity contribution >= 4 is 28.8 Å². The van der Waals surface area contributed by atoms with Crippen LogP contribution in [-0.4, -0.2) is 10.1 Å². The maximum Gasteiger partial charge on any atom is 0.115 e. The Morgan fingerprint density at radius 2 is 2.50 bits per heavy atom. The van der Waals surface area contributed by atoms with E-state index >= 15 is 0 Å². The summed E-state index contributed by atoms with van der Waals surface area (Å²) in [5.74, 6) is 0.369. The average Bonchev–Trinajstić information content (AvgIpc) is 1.61. The van der Waals surface area contributed by atoms with Gasteiger partial charge >= 0.3 is 0 Å². The van der Waals surface area contributed by atoms with Crippen LogP contribution < -0.4 is 5.73 Å². The minimum atomic E-state index is 0.369. The van der Waals surface area contributed by atoms with Crippen LogP contribution in [0.15, 0.2) is 17.4 Å². The molecule has 0 aliphatic heterocycles. The minimum Gasteiger partial charge on any atom is -0.384 e. The number of hydrogen-bond donors (Lipinski definition) is 1. The summed E-state index contributed by atoms with van der Waals surface area (Å²) >= 11 is 2.23. The number of nitrogens with zero attached hydrogens (tertiary/aromatic N) is 1. The highest BCUT2D eigenvalue weighted by atomic mass is 127. The van der Waals surface area contributed by atoms with Crippen LogP contribution >= 0.6 is 22.6 Å². The van der Waals surface area contributed by atoms with Crippen LogP contribution in [0.25, 0.3) is 0 Å². The molecule has 8 heavy (non-hydrogen) atoms. The van der Waals surface area contributed by atoms with Crippen molar-refractivity contribution < 1.29 is 0 Å². The normalized spacial score (nSPS) is 14.2. The van der Waals surface area contributed by atoms with Crippen LogP contribution in [0.4, 0.5) is 0 Å². The van der Waals surface area contributed by atoms with Gasteiger partial charge in [0.15, 0.2) is 0 Å². The molecule has 0 radical (unpaired) electrons. The monoisotopic (exact) mass is 224 g/mol. The lowest BCUT2D eigenvalue weighted by Gasteiger charge is -1.89. The van der Waals surface area contributed by atoms with Crippen molar-refractivity contribution in [3.63, 3.8) is 0 Å². The second kappa shape index (κ2) is 3.88. The van der Waals surface area contributed by atoms with E-state index in [-0.39, 0.29) is 0 Å². The van der Waals surface area contributed by atoms with Crippen LogP contribution in [0.3, 0.4) is 0 Å². The zero-order valence-electron chi connectivity index (χ0n) is 4.76. The van der Waals surface area contributed by atoms with E-state index in [1.807, 2.05) is 6.92 Å². The van der Waals surface area contributed by atoms with Gasteiger partial charge in [-0.15, -0.1) is 0 Å². The molecule has 0 saturated heterocycles. The summed E-state index contributed by atoms with van der Waals surface area (Å²) in [5, 5.41) is 0. The second-order valence-corrected chi connectivity index (χ2v) is 3.41. The first kappa shape index (κ1) is 7.94. The van der Waals surface area contributed by atoms with Crippen LogP contribution in [0.1, 0.15) is 6.92 Å². The lowest BCUT2D eigenvalue weighted by molar-refractivity contribution is 1.25. The van der Waals surface area contributed by atoms with Gasteiger partial charge in [0, 0.05) is 10.1 Å². The average molecular weight is 224 g/mol. The number of halogens is 1. The van der Waals surface area contributed by atoms with Gasteiger partial charge in [0.25, 0.3) is 0 Å². The summed E-state index contributed by atoms with van der Waals surface area (Å²) in [4.78, 5) is 3.77. The van der Waals surface area contributed by atoms with E-state index < -0.39 is 0 Å². The standard InChI is InChI=1S/C5H9IN2/c1-4(6)3-8-5(2)7/h3-4H,2,7H2,1H3. The molecule has 0 heterocycles. The first-order chi connectivity index (χ1) is 3.63. The highest BCUT2D eigenvalue weighted by Crippen LogP contribution is 1.93. The Hall–Kier alpha value is -0.0600. The fraction of sp³-hybridized carbons (Fsp3) is 0.400. The van der Waals surface area contributed by atoms with Gasteiger partial charge in [0.1, 0.15) is 5.82 Å². The molecule has 0 bridgehead atoms. The van der Waals surface area contributed by atoms with Gasteiger partial charge < -0.3 is 5.73 Å². The first-order valence-electron chi connectivity index (χ1n) is 2.25. The molecular formula is C5H9IN2. The van der Waals surface area contributed by atoms with E-state index in [1.54, 1.807) is 6.21 Å². The quantitative estimate of drug-likeness (QED) is 0.428. The Kier molecular flexibility index (Phi) is 3.85. The van der Waals surface area contributed by atoms with Crippen LogP contribution in [-0.2, 0) is 0 Å². The Labute approximate surface area is 63.0 Å². The Balaban J connectivity index is 3.50. The van der Waals surface area contributed by atoms with E-state index in [9.17, 15) is 0 Å². The number of aliphatic imine (C=N–C) groups is 1. The molecule has 0 aromatic rings. The third-order valence-electron chi connectivity index (χ3n) is 0.446. The van der Waals surface area contributed by atoms with Crippen molar-refractivity contribution in [2.75, 3.05) is 0 Å². The summed E-state index contributed by atoms with van der Waals surface area (Å²) in [7, 11) is 0. The van der Waals surface area contributed by atoms with Crippen molar-refractivity contribution in [2.45, 2.75) is 10.8 Å². The molecule has 0 saturated carbocycles. The number of hydrogen-bond acceptors (Lipinski definition) is 2. The highest BCUT2D eigenvalue weighted by molar-refractivity contribution is 14.1. The van der Waals surface area contributed by atoms with Gasteiger partial charge in [-0.05, 0) is 6.92 Å². The molecular weight excluding hydrogens is 215 g/mol. The Morgan fingerprint density at radius 1 is 2.00 bits per heavy atom. The number of rotatable bonds is 2. The summed E-state index contributed by atoms with van der Waals surface area (Å²) in [6.07, 6.45) is 1.75. The Bertz CT molecular complexity index is 107. The number of alkyl halides is 1. The third-order valence-corrected chi connectivity index (χ3v) is 0.767. The summed E-state index contributed by atoms with van der Waals surface area (Å²) in [5.41, 5.74) is 5.14. The lowest BCUT2D eigenvalue weighted by atomic mass is 10.5. The van der Waals surface area contributed by atoms with Crippen molar-refractivity contribution in [3.05, 3.63) is 12.4 Å². The summed E-state index contributed by atoms with van der Waals surface area (Å²) in [6, 6.07) is 0. The maximum absolute atomic E-state index is 5.14. The molecule has 3 heteroatoms. The molecule has 0 aliphatic carbocycles. The molecule has 0 spiro atoms. The highest BCUT2D eigenvalue weighted by Gasteiger charge is 1.84. The zero-order chi connectivity index (χ0) is 6.57. The largest absolute Gasteiger partial charge is 0.384 e. The topological polar surface area (TPSA) is 38.4 Å². The van der Waals surface area contributed by atoms with Crippen LogP contribution in [0.2, 0.25) is 0 Å². The minimum absolute atomic E-state index is 0.369. The van der Waals surface area contributed by atoms with Gasteiger partial charge in [-0.1, -0.05) is 29.2 Å². The van der Waals surface area contributed by atoms with Gasteiger partial charge in [0.05, 0.1) is 0 Å². The summed E-state index contributed by atoms with van der Waals surface area (Å²) in [6.45, 7) is 5.42. The predicted octanol–water partition coefficient (Wildman–Crippen LogP) is 1.31. The smallest absolute Gasteiger partial charge is 0.115 e. The molecule has 0 aromatic carbocycles. The SMILES string of the molecule is C=C(N)N=CC(C)I. The van der Waals surface area contributed by atoms with Gasteiger partial charge in [0.2, 0.25) is 0 Å². The second-order valence-electron chi connectivity index (χ2n) is 1.45. The van der Waals surface area contributed by atoms with Gasteiger partial charge in [-0.25, -0.2) is 4.99 Å². The Morgan fingerprint density at radius 3 is 2.62 bits per heavy atom. The molecule has 46 valence electrons. The maximum atomic E-state index is 5.14. The molecule has 0 amide bonds. The first-order valence-corrected chi connectivity index (χ1v) is 3.50. The fourth-order valence-electron chi connectivity index (χ4n) is 0.198. The van der Waals surface area contributed by atoms with Crippen molar-refractivity contribution in [3.8, 4) is 0 Å². The van der Waals surface area contributed by atoms with Crippen LogP contribution in [0.5, 0.6) is 0 Å². The predicted molar refractivity (Wildman–Crippen MR) is 45.3 cm³/mol. The zero-order valence-corrected chi connectivity index (χ0v) is 6.92. The van der Waals surface area contributed by atoms with E-state index in [1.165, 1.54) is 0 Å². The molecule has 0 aliphatic rings. The van der Waals surface area contributed by atoms with Crippen molar-refractivity contribution in [2.24, 2.45) is 10.7 Å². The van der Waals surface area contributed by atoms with Crippen molar-refractivity contribution in [1.82, 2.24) is 0 Å². The van der Waals surface area contributed by atoms with Gasteiger partial charge in [-0.3, -0.25) is 0 Å². The van der Waals surface area contributed by atoms with Gasteiger partial charge in [-0.2, -0.15) is 0 Å². The van der Waals surface area contributed by atoms with E-state index in [2.05, 4.69) is 34.2 Å². The molecule has 2 nitrogen and oxygen atoms in total.